The Morgan fingerprint density at radius 3 is 2.80 bits per heavy atom. The maximum absolute atomic E-state index is 8.84. The molecule has 4 heteroatoms. The molecule has 0 aromatic rings. The van der Waals surface area contributed by atoms with E-state index in [4.69, 9.17) is 5.26 Å². The number of hydrogen-bond acceptors (Lipinski definition) is 4. The Hall–Kier alpha value is -0.630. The van der Waals surface area contributed by atoms with Gasteiger partial charge in [-0.05, 0) is 20.5 Å². The first-order valence-corrected chi connectivity index (χ1v) is 5.69. The number of rotatable bonds is 4. The SMILES string of the molecule is CCC(C#N)NCC1CN(C)CCN1C. The molecule has 1 fully saturated rings. The fourth-order valence-corrected chi connectivity index (χ4v) is 1.88. The van der Waals surface area contributed by atoms with E-state index in [1.807, 2.05) is 6.92 Å². The van der Waals surface area contributed by atoms with Gasteiger partial charge in [-0.15, -0.1) is 0 Å². The van der Waals surface area contributed by atoms with Gasteiger partial charge in [0.2, 0.25) is 0 Å². The van der Waals surface area contributed by atoms with Crippen LogP contribution in [0.1, 0.15) is 13.3 Å². The van der Waals surface area contributed by atoms with Crippen LogP contribution in [0, 0.1) is 11.3 Å². The Morgan fingerprint density at radius 1 is 1.47 bits per heavy atom. The Bertz CT molecular complexity index is 223. The van der Waals surface area contributed by atoms with Crippen LogP contribution in [0.25, 0.3) is 0 Å². The van der Waals surface area contributed by atoms with Crippen LogP contribution in [0.15, 0.2) is 0 Å². The molecule has 2 unspecified atom stereocenters. The van der Waals surface area contributed by atoms with E-state index >= 15 is 0 Å². The lowest BCUT2D eigenvalue weighted by molar-refractivity contribution is 0.112. The van der Waals surface area contributed by atoms with E-state index in [0.29, 0.717) is 6.04 Å². The van der Waals surface area contributed by atoms with Crippen LogP contribution in [0.3, 0.4) is 0 Å². The van der Waals surface area contributed by atoms with E-state index in [0.717, 1.165) is 32.6 Å². The molecule has 1 aliphatic rings. The quantitative estimate of drug-likeness (QED) is 0.716. The zero-order valence-corrected chi connectivity index (χ0v) is 10.0. The highest BCUT2D eigenvalue weighted by molar-refractivity contribution is 4.90. The highest BCUT2D eigenvalue weighted by Crippen LogP contribution is 2.05. The number of nitriles is 1. The molecule has 0 aromatic heterocycles. The van der Waals surface area contributed by atoms with Crippen LogP contribution in [0.5, 0.6) is 0 Å². The van der Waals surface area contributed by atoms with Gasteiger partial charge < -0.3 is 10.2 Å². The molecule has 0 aliphatic carbocycles. The number of hydrogen-bond donors (Lipinski definition) is 1. The van der Waals surface area contributed by atoms with Gasteiger partial charge in [0.1, 0.15) is 0 Å². The molecular weight excluding hydrogens is 188 g/mol. The molecule has 2 atom stereocenters. The number of nitrogens with one attached hydrogen (secondary N) is 1. The molecule has 15 heavy (non-hydrogen) atoms. The third kappa shape index (κ3) is 3.78. The molecule has 0 saturated carbocycles. The minimum Gasteiger partial charge on any atom is -0.303 e. The Labute approximate surface area is 92.8 Å². The molecule has 4 nitrogen and oxygen atoms in total. The molecule has 86 valence electrons. The third-order valence-corrected chi connectivity index (χ3v) is 3.14. The Morgan fingerprint density at radius 2 is 2.20 bits per heavy atom. The topological polar surface area (TPSA) is 42.3 Å². The average Bonchev–Trinajstić information content (AvgIpc) is 2.24. The van der Waals surface area contributed by atoms with Crippen molar-refractivity contribution >= 4 is 0 Å². The molecule has 1 saturated heterocycles. The summed E-state index contributed by atoms with van der Waals surface area (Å²) in [5.41, 5.74) is 0. The number of nitrogens with zero attached hydrogens (tertiary/aromatic N) is 3. The van der Waals surface area contributed by atoms with E-state index in [1.54, 1.807) is 0 Å². The fraction of sp³-hybridized carbons (Fsp3) is 0.909. The van der Waals surface area contributed by atoms with Gasteiger partial charge in [-0.3, -0.25) is 4.90 Å². The maximum Gasteiger partial charge on any atom is 0.0950 e. The van der Waals surface area contributed by atoms with Crippen LogP contribution in [-0.4, -0.2) is 62.2 Å². The number of piperazine rings is 1. The molecule has 0 aromatic carbocycles. The Kier molecular flexibility index (Phi) is 5.03. The molecule has 1 N–H and O–H groups in total. The maximum atomic E-state index is 8.84. The lowest BCUT2D eigenvalue weighted by Crippen LogP contribution is -2.54. The smallest absolute Gasteiger partial charge is 0.0950 e. The van der Waals surface area contributed by atoms with Gasteiger partial charge in [-0.1, -0.05) is 6.92 Å². The number of likely N-dealkylation sites (N-methyl/N-ethyl adjacent to an activating group) is 2. The zero-order chi connectivity index (χ0) is 11.3. The van der Waals surface area contributed by atoms with Gasteiger partial charge in [-0.25, -0.2) is 0 Å². The largest absolute Gasteiger partial charge is 0.303 e. The van der Waals surface area contributed by atoms with Crippen LogP contribution >= 0.6 is 0 Å². The van der Waals surface area contributed by atoms with Crippen molar-refractivity contribution in [2.45, 2.75) is 25.4 Å². The molecule has 1 rings (SSSR count). The standard InChI is InChI=1S/C11H22N4/c1-4-10(7-12)13-8-11-9-14(2)5-6-15(11)3/h10-11,13H,4-6,8-9H2,1-3H3. The Balaban J connectivity index is 2.33. The van der Waals surface area contributed by atoms with Gasteiger partial charge in [0.15, 0.2) is 0 Å². The highest BCUT2D eigenvalue weighted by Gasteiger charge is 2.22. The van der Waals surface area contributed by atoms with Crippen molar-refractivity contribution in [3.63, 3.8) is 0 Å². The summed E-state index contributed by atoms with van der Waals surface area (Å²) in [5, 5.41) is 12.1. The minimum atomic E-state index is 0.00522. The fourth-order valence-electron chi connectivity index (χ4n) is 1.88. The summed E-state index contributed by atoms with van der Waals surface area (Å²) < 4.78 is 0. The van der Waals surface area contributed by atoms with Crippen LogP contribution < -0.4 is 5.32 Å². The highest BCUT2D eigenvalue weighted by atomic mass is 15.3. The second-order valence-corrected chi connectivity index (χ2v) is 4.39. The summed E-state index contributed by atoms with van der Waals surface area (Å²) in [6.45, 7) is 6.30. The normalized spacial score (nSPS) is 26.1. The van der Waals surface area contributed by atoms with Gasteiger partial charge >= 0.3 is 0 Å². The predicted molar refractivity (Wildman–Crippen MR) is 61.6 cm³/mol. The van der Waals surface area contributed by atoms with E-state index in [1.165, 1.54) is 0 Å². The van der Waals surface area contributed by atoms with Crippen molar-refractivity contribution in [3.05, 3.63) is 0 Å². The van der Waals surface area contributed by atoms with Gasteiger partial charge in [0.25, 0.3) is 0 Å². The third-order valence-electron chi connectivity index (χ3n) is 3.14. The first-order valence-electron chi connectivity index (χ1n) is 5.69. The van der Waals surface area contributed by atoms with Crippen molar-refractivity contribution < 1.29 is 0 Å². The van der Waals surface area contributed by atoms with Crippen molar-refractivity contribution in [2.75, 3.05) is 40.3 Å². The molecule has 0 radical (unpaired) electrons. The van der Waals surface area contributed by atoms with E-state index in [-0.39, 0.29) is 6.04 Å². The predicted octanol–water partition coefficient (Wildman–Crippen LogP) is 0.124. The molecule has 0 amide bonds. The first kappa shape index (κ1) is 12.4. The van der Waals surface area contributed by atoms with Crippen molar-refractivity contribution in [2.24, 2.45) is 0 Å². The molecule has 1 heterocycles. The molecule has 0 bridgehead atoms. The summed E-state index contributed by atoms with van der Waals surface area (Å²) in [4.78, 5) is 4.72. The van der Waals surface area contributed by atoms with Crippen molar-refractivity contribution in [1.29, 1.82) is 5.26 Å². The zero-order valence-electron chi connectivity index (χ0n) is 10.0. The van der Waals surface area contributed by atoms with Crippen LogP contribution in [-0.2, 0) is 0 Å². The van der Waals surface area contributed by atoms with Crippen LogP contribution in [0.4, 0.5) is 0 Å². The second-order valence-electron chi connectivity index (χ2n) is 4.39. The van der Waals surface area contributed by atoms with E-state index in [2.05, 4.69) is 35.3 Å². The average molecular weight is 210 g/mol. The second kappa shape index (κ2) is 6.06. The van der Waals surface area contributed by atoms with Crippen LogP contribution in [0.2, 0.25) is 0 Å². The van der Waals surface area contributed by atoms with Crippen molar-refractivity contribution in [3.8, 4) is 6.07 Å². The monoisotopic (exact) mass is 210 g/mol. The van der Waals surface area contributed by atoms with Gasteiger partial charge in [-0.2, -0.15) is 5.26 Å². The summed E-state index contributed by atoms with van der Waals surface area (Å²) >= 11 is 0. The molecular formula is C11H22N4. The first-order chi connectivity index (χ1) is 7.17. The van der Waals surface area contributed by atoms with E-state index < -0.39 is 0 Å². The van der Waals surface area contributed by atoms with Crippen molar-refractivity contribution in [1.82, 2.24) is 15.1 Å². The lowest BCUT2D eigenvalue weighted by atomic mass is 10.1. The minimum absolute atomic E-state index is 0.00522. The summed E-state index contributed by atoms with van der Waals surface area (Å²) in [5.74, 6) is 0. The van der Waals surface area contributed by atoms with Gasteiger partial charge in [0, 0.05) is 32.2 Å². The molecule has 0 spiro atoms. The van der Waals surface area contributed by atoms with E-state index in [9.17, 15) is 0 Å². The summed E-state index contributed by atoms with van der Waals surface area (Å²) in [7, 11) is 4.31. The summed E-state index contributed by atoms with van der Waals surface area (Å²) in [6, 6.07) is 2.81. The lowest BCUT2D eigenvalue weighted by Gasteiger charge is -2.38. The van der Waals surface area contributed by atoms with Gasteiger partial charge in [0.05, 0.1) is 12.1 Å². The summed E-state index contributed by atoms with van der Waals surface area (Å²) in [6.07, 6.45) is 0.878. The molecule has 1 aliphatic heterocycles.